The largest absolute Gasteiger partial charge is 0.395 e. The minimum atomic E-state index is -0.267. The number of hydrogen-bond donors (Lipinski definition) is 2. The maximum atomic E-state index is 10.3. The highest BCUT2D eigenvalue weighted by Crippen LogP contribution is 2.65. The molecule has 4 rings (SSSR count). The van der Waals surface area contributed by atoms with Crippen LogP contribution in [0.2, 0.25) is 0 Å². The highest BCUT2D eigenvalue weighted by atomic mass is 16.3. The maximum Gasteiger partial charge on any atom is 0.0724 e. The van der Waals surface area contributed by atoms with Crippen molar-refractivity contribution in [3.63, 3.8) is 0 Å². The predicted molar refractivity (Wildman–Crippen MR) is 83.7 cm³/mol. The Labute approximate surface area is 128 Å². The Morgan fingerprint density at radius 1 is 1.10 bits per heavy atom. The Morgan fingerprint density at radius 3 is 2.76 bits per heavy atom. The van der Waals surface area contributed by atoms with Crippen LogP contribution < -0.4 is 0 Å². The average Bonchev–Trinajstić information content (AvgIpc) is 2.88. The third kappa shape index (κ3) is 1.91. The van der Waals surface area contributed by atoms with Crippen LogP contribution in [-0.4, -0.2) is 22.9 Å². The molecule has 0 aromatic rings. The van der Waals surface area contributed by atoms with E-state index in [4.69, 9.17) is 0 Å². The lowest BCUT2D eigenvalue weighted by molar-refractivity contribution is -0.0688. The van der Waals surface area contributed by atoms with E-state index in [1.807, 2.05) is 0 Å². The smallest absolute Gasteiger partial charge is 0.0724 e. The van der Waals surface area contributed by atoms with Gasteiger partial charge in [0.2, 0.25) is 0 Å². The van der Waals surface area contributed by atoms with Gasteiger partial charge in [0.15, 0.2) is 0 Å². The summed E-state index contributed by atoms with van der Waals surface area (Å²) in [7, 11) is 0. The topological polar surface area (TPSA) is 40.5 Å². The number of fused-ring (bicyclic) bond motifs is 5. The Hall–Kier alpha value is -0.340. The van der Waals surface area contributed by atoms with Crippen LogP contribution in [0.5, 0.6) is 0 Å². The van der Waals surface area contributed by atoms with Gasteiger partial charge < -0.3 is 10.2 Å². The minimum Gasteiger partial charge on any atom is -0.395 e. The molecule has 6 atom stereocenters. The van der Waals surface area contributed by atoms with E-state index in [1.165, 1.54) is 44.1 Å². The molecule has 0 amide bonds. The van der Waals surface area contributed by atoms with Gasteiger partial charge >= 0.3 is 0 Å². The second-order valence-corrected chi connectivity index (χ2v) is 8.61. The molecule has 3 fully saturated rings. The third-order valence-electron chi connectivity index (χ3n) is 7.88. The van der Waals surface area contributed by atoms with Crippen LogP contribution >= 0.6 is 0 Å². The lowest BCUT2D eigenvalue weighted by atomic mass is 9.47. The molecule has 0 radical (unpaired) electrons. The monoisotopic (exact) mass is 290 g/mol. The summed E-state index contributed by atoms with van der Waals surface area (Å²) in [6, 6.07) is 0. The van der Waals surface area contributed by atoms with Crippen molar-refractivity contribution in [2.75, 3.05) is 6.61 Å². The molecule has 0 aromatic heterocycles. The lowest BCUT2D eigenvalue weighted by Gasteiger charge is -2.58. The van der Waals surface area contributed by atoms with E-state index >= 15 is 0 Å². The minimum absolute atomic E-state index is 0.0199. The molecule has 0 bridgehead atoms. The first kappa shape index (κ1) is 14.3. The van der Waals surface area contributed by atoms with E-state index in [0.29, 0.717) is 17.9 Å². The van der Waals surface area contributed by atoms with Gasteiger partial charge in [-0.05, 0) is 74.5 Å². The number of hydrogen-bond acceptors (Lipinski definition) is 2. The molecule has 0 aromatic carbocycles. The van der Waals surface area contributed by atoms with Crippen molar-refractivity contribution in [3.05, 3.63) is 11.6 Å². The zero-order chi connectivity index (χ0) is 14.7. The number of rotatable bonds is 1. The molecule has 0 heterocycles. The molecule has 2 nitrogen and oxygen atoms in total. The van der Waals surface area contributed by atoms with Crippen LogP contribution in [-0.2, 0) is 0 Å². The summed E-state index contributed by atoms with van der Waals surface area (Å²) in [5.74, 6) is 2.39. The highest BCUT2D eigenvalue weighted by molar-refractivity contribution is 5.26. The van der Waals surface area contributed by atoms with Crippen LogP contribution in [0.25, 0.3) is 0 Å². The molecule has 0 spiro atoms. The Bertz CT molecular complexity index is 456. The summed E-state index contributed by atoms with van der Waals surface area (Å²) in [4.78, 5) is 0. The first-order valence-electron chi connectivity index (χ1n) is 9.09. The van der Waals surface area contributed by atoms with Gasteiger partial charge in [-0.1, -0.05) is 25.0 Å². The fraction of sp³-hybridized carbons (Fsp3) is 0.895. The van der Waals surface area contributed by atoms with Gasteiger partial charge in [-0.15, -0.1) is 0 Å². The molecule has 3 saturated carbocycles. The van der Waals surface area contributed by atoms with Crippen molar-refractivity contribution in [2.24, 2.45) is 28.6 Å². The van der Waals surface area contributed by atoms with E-state index in [1.54, 1.807) is 0 Å². The van der Waals surface area contributed by atoms with Crippen LogP contribution in [0.1, 0.15) is 64.7 Å². The van der Waals surface area contributed by atoms with Crippen LogP contribution in [0.3, 0.4) is 0 Å². The first-order valence-corrected chi connectivity index (χ1v) is 9.09. The summed E-state index contributed by atoms with van der Waals surface area (Å²) >= 11 is 0. The van der Waals surface area contributed by atoms with E-state index < -0.39 is 0 Å². The number of aliphatic hydroxyl groups excluding tert-OH is 2. The molecule has 0 aliphatic heterocycles. The molecule has 4 aliphatic carbocycles. The van der Waals surface area contributed by atoms with Gasteiger partial charge in [-0.3, -0.25) is 0 Å². The molecule has 4 aliphatic rings. The van der Waals surface area contributed by atoms with Crippen molar-refractivity contribution in [3.8, 4) is 0 Å². The second-order valence-electron chi connectivity index (χ2n) is 8.61. The molecule has 118 valence electrons. The average molecular weight is 290 g/mol. The lowest BCUT2D eigenvalue weighted by Crippen LogP contribution is -2.52. The molecule has 0 saturated heterocycles. The molecule has 2 N–H and O–H groups in total. The first-order chi connectivity index (χ1) is 10.1. The molecule has 2 heteroatoms. The number of aliphatic hydroxyl groups is 2. The Balaban J connectivity index is 1.70. The van der Waals surface area contributed by atoms with Gasteiger partial charge in [0.1, 0.15) is 0 Å². The van der Waals surface area contributed by atoms with E-state index in [0.717, 1.165) is 31.1 Å². The third-order valence-corrected chi connectivity index (χ3v) is 7.88. The van der Waals surface area contributed by atoms with Gasteiger partial charge in [0.05, 0.1) is 12.7 Å². The van der Waals surface area contributed by atoms with Crippen molar-refractivity contribution in [1.82, 2.24) is 0 Å². The normalized spacial score (nSPS) is 52.6. The summed E-state index contributed by atoms with van der Waals surface area (Å²) in [6.07, 6.45) is 13.0. The van der Waals surface area contributed by atoms with Crippen molar-refractivity contribution in [2.45, 2.75) is 70.8 Å². The standard InChI is InChI=1S/C19H30O2/c1-18-8-2-3-16(18)15-5-4-13-11-14(21)6-10-19(13,12-20)17(15)7-9-18/h11,14-17,20-21H,2-10,12H2,1H3/t14-,15-,16-,17-,18-,19+/m0/s1. The summed E-state index contributed by atoms with van der Waals surface area (Å²) in [5, 5.41) is 20.3. The molecular weight excluding hydrogens is 260 g/mol. The van der Waals surface area contributed by atoms with Crippen LogP contribution in [0, 0.1) is 28.6 Å². The van der Waals surface area contributed by atoms with E-state index in [9.17, 15) is 10.2 Å². The Morgan fingerprint density at radius 2 is 1.95 bits per heavy atom. The zero-order valence-electron chi connectivity index (χ0n) is 13.4. The highest BCUT2D eigenvalue weighted by Gasteiger charge is 2.57. The zero-order valence-corrected chi connectivity index (χ0v) is 13.4. The van der Waals surface area contributed by atoms with E-state index in [2.05, 4.69) is 13.0 Å². The van der Waals surface area contributed by atoms with Gasteiger partial charge in [-0.2, -0.15) is 0 Å². The summed E-state index contributed by atoms with van der Waals surface area (Å²) in [5.41, 5.74) is 2.01. The van der Waals surface area contributed by atoms with Gasteiger partial charge in [-0.25, -0.2) is 0 Å². The van der Waals surface area contributed by atoms with Gasteiger partial charge in [0, 0.05) is 5.41 Å². The fourth-order valence-electron chi connectivity index (χ4n) is 6.79. The molecule has 21 heavy (non-hydrogen) atoms. The Kier molecular flexibility index (Phi) is 3.28. The van der Waals surface area contributed by atoms with Crippen molar-refractivity contribution in [1.29, 1.82) is 0 Å². The fourth-order valence-corrected chi connectivity index (χ4v) is 6.79. The van der Waals surface area contributed by atoms with Gasteiger partial charge in [0.25, 0.3) is 0 Å². The van der Waals surface area contributed by atoms with Crippen molar-refractivity contribution < 1.29 is 10.2 Å². The van der Waals surface area contributed by atoms with Crippen molar-refractivity contribution >= 4 is 0 Å². The quantitative estimate of drug-likeness (QED) is 0.723. The van der Waals surface area contributed by atoms with Crippen LogP contribution in [0.15, 0.2) is 11.6 Å². The SMILES string of the molecule is C[C@@]12CCC[C@H]1[C@@H]1CCC3=C[C@@H](O)CC[C@]3(CO)[C@H]1CC2. The maximum absolute atomic E-state index is 10.3. The molecule has 0 unspecified atom stereocenters. The van der Waals surface area contributed by atoms with E-state index in [-0.39, 0.29) is 11.5 Å². The predicted octanol–water partition coefficient (Wildman–Crippen LogP) is 3.67. The van der Waals surface area contributed by atoms with Crippen LogP contribution in [0.4, 0.5) is 0 Å². The second kappa shape index (κ2) is 4.83. The molecular formula is C19H30O2. The summed E-state index contributed by atoms with van der Waals surface area (Å²) in [6.45, 7) is 2.83. The summed E-state index contributed by atoms with van der Waals surface area (Å²) < 4.78 is 0.